The molecule has 0 atom stereocenters. The average Bonchev–Trinajstić information content (AvgIpc) is 3.84. The highest BCUT2D eigenvalue weighted by Gasteiger charge is 2.42. The van der Waals surface area contributed by atoms with Crippen molar-refractivity contribution in [1.82, 2.24) is 0 Å². The standard InChI is InChI=1S/C67H53N/c1-65(2)59-19-13-12-18-53(59)57-40-64-58(41-63(57)65)56-35-32-52(39-62(56)67(64,5)6)68(50-29-26-46(27-30-50)45-22-20-44(21-23-45)42-14-8-7-9-15-42)51-31-34-55-54-33-28-49(37-60(54)66(3,4)61(55)38-51)48-25-24-43-16-10-11-17-47(43)36-48/h7-41H,1-6H3. The lowest BCUT2D eigenvalue weighted by molar-refractivity contribution is 0.652. The Bertz CT molecular complexity index is 3680. The maximum Gasteiger partial charge on any atom is 0.0465 e. The van der Waals surface area contributed by atoms with Gasteiger partial charge in [-0.15, -0.1) is 0 Å². The second-order valence-electron chi connectivity index (χ2n) is 21.0. The second-order valence-corrected chi connectivity index (χ2v) is 21.0. The van der Waals surface area contributed by atoms with Crippen molar-refractivity contribution >= 4 is 27.8 Å². The SMILES string of the molecule is CC1(C)c2cc(-c3ccc4ccccc4c3)ccc2-c2ccc(N(c3ccc(-c4ccc(-c5ccccc5)cc4)cc3)c3ccc4c(c3)C(C)(C)c3cc5c(cc3-4)C(C)(C)c3ccccc3-5)cc21. The summed E-state index contributed by atoms with van der Waals surface area (Å²) in [6.07, 6.45) is 0. The van der Waals surface area contributed by atoms with Crippen LogP contribution in [0.1, 0.15) is 74.9 Å². The fraction of sp³-hybridized carbons (Fsp3) is 0.134. The normalized spacial score (nSPS) is 15.0. The molecule has 0 aliphatic heterocycles. The van der Waals surface area contributed by atoms with Crippen LogP contribution in [-0.2, 0) is 16.2 Å². The number of fused-ring (bicyclic) bond motifs is 10. The molecule has 0 unspecified atom stereocenters. The number of hydrogen-bond donors (Lipinski definition) is 0. The van der Waals surface area contributed by atoms with Crippen LogP contribution in [-0.4, -0.2) is 0 Å². The van der Waals surface area contributed by atoms with Gasteiger partial charge in [-0.05, 0) is 172 Å². The summed E-state index contributed by atoms with van der Waals surface area (Å²) in [5, 5.41) is 2.54. The molecule has 0 aromatic heterocycles. The lowest BCUT2D eigenvalue weighted by Gasteiger charge is -2.30. The Hall–Kier alpha value is -7.74. The molecule has 0 heterocycles. The molecule has 13 rings (SSSR count). The van der Waals surface area contributed by atoms with Crippen molar-refractivity contribution in [1.29, 1.82) is 0 Å². The minimum absolute atomic E-state index is 0.0559. The van der Waals surface area contributed by atoms with E-state index in [-0.39, 0.29) is 16.2 Å². The van der Waals surface area contributed by atoms with E-state index in [0.29, 0.717) is 0 Å². The summed E-state index contributed by atoms with van der Waals surface area (Å²) in [6, 6.07) is 79.8. The molecule has 10 aromatic carbocycles. The molecule has 0 saturated carbocycles. The minimum atomic E-state index is -0.205. The smallest absolute Gasteiger partial charge is 0.0465 e. The number of rotatable bonds is 6. The van der Waals surface area contributed by atoms with Gasteiger partial charge < -0.3 is 4.90 Å². The molecule has 3 aliphatic carbocycles. The highest BCUT2D eigenvalue weighted by atomic mass is 15.1. The van der Waals surface area contributed by atoms with Crippen LogP contribution in [0.4, 0.5) is 17.1 Å². The summed E-state index contributed by atoms with van der Waals surface area (Å²) in [7, 11) is 0. The van der Waals surface area contributed by atoms with Crippen molar-refractivity contribution in [2.75, 3.05) is 4.90 Å². The number of hydrogen-bond acceptors (Lipinski definition) is 1. The molecule has 0 radical (unpaired) electrons. The van der Waals surface area contributed by atoms with E-state index in [1.54, 1.807) is 0 Å². The topological polar surface area (TPSA) is 3.24 Å². The van der Waals surface area contributed by atoms with Gasteiger partial charge in [0, 0.05) is 33.3 Å². The molecule has 0 spiro atoms. The predicted molar refractivity (Wildman–Crippen MR) is 288 cm³/mol. The first kappa shape index (κ1) is 40.5. The van der Waals surface area contributed by atoms with Crippen molar-refractivity contribution in [3.63, 3.8) is 0 Å². The summed E-state index contributed by atoms with van der Waals surface area (Å²) in [6.45, 7) is 14.4. The molecule has 326 valence electrons. The molecule has 1 nitrogen and oxygen atoms in total. The van der Waals surface area contributed by atoms with E-state index in [2.05, 4.69) is 259 Å². The summed E-state index contributed by atoms with van der Waals surface area (Å²) < 4.78 is 0. The Morgan fingerprint density at radius 1 is 0.235 bits per heavy atom. The Morgan fingerprint density at radius 3 is 1.24 bits per heavy atom. The van der Waals surface area contributed by atoms with Gasteiger partial charge >= 0.3 is 0 Å². The van der Waals surface area contributed by atoms with Gasteiger partial charge in [0.05, 0.1) is 0 Å². The van der Waals surface area contributed by atoms with Crippen LogP contribution < -0.4 is 4.90 Å². The molecule has 0 fully saturated rings. The maximum absolute atomic E-state index is 2.52. The lowest BCUT2D eigenvalue weighted by atomic mass is 9.79. The van der Waals surface area contributed by atoms with E-state index < -0.39 is 0 Å². The Kier molecular flexibility index (Phi) is 8.72. The second kappa shape index (κ2) is 14.6. The van der Waals surface area contributed by atoms with Crippen molar-refractivity contribution in [2.24, 2.45) is 0 Å². The highest BCUT2D eigenvalue weighted by molar-refractivity contribution is 5.93. The van der Waals surface area contributed by atoms with E-state index in [0.717, 1.165) is 17.1 Å². The Morgan fingerprint density at radius 2 is 0.618 bits per heavy atom. The van der Waals surface area contributed by atoms with Crippen molar-refractivity contribution < 1.29 is 0 Å². The van der Waals surface area contributed by atoms with Gasteiger partial charge in [-0.2, -0.15) is 0 Å². The lowest BCUT2D eigenvalue weighted by Crippen LogP contribution is -2.18. The van der Waals surface area contributed by atoms with Gasteiger partial charge in [0.1, 0.15) is 0 Å². The van der Waals surface area contributed by atoms with Gasteiger partial charge in [-0.1, -0.05) is 193 Å². The first-order chi connectivity index (χ1) is 32.9. The molecule has 68 heavy (non-hydrogen) atoms. The van der Waals surface area contributed by atoms with Gasteiger partial charge in [-0.25, -0.2) is 0 Å². The van der Waals surface area contributed by atoms with Crippen LogP contribution in [0.3, 0.4) is 0 Å². The molecule has 0 amide bonds. The molecular formula is C67H53N. The quantitative estimate of drug-likeness (QED) is 0.161. The van der Waals surface area contributed by atoms with Gasteiger partial charge in [-0.3, -0.25) is 0 Å². The molecule has 3 aliphatic rings. The van der Waals surface area contributed by atoms with Crippen LogP contribution >= 0.6 is 0 Å². The summed E-state index contributed by atoms with van der Waals surface area (Å²) in [5.74, 6) is 0. The van der Waals surface area contributed by atoms with Crippen molar-refractivity contribution in [3.05, 3.63) is 246 Å². The summed E-state index contributed by atoms with van der Waals surface area (Å²) in [4.78, 5) is 2.49. The Labute approximate surface area is 401 Å². The van der Waals surface area contributed by atoms with E-state index in [9.17, 15) is 0 Å². The van der Waals surface area contributed by atoms with Crippen LogP contribution in [0.15, 0.2) is 212 Å². The maximum atomic E-state index is 2.52. The summed E-state index contributed by atoms with van der Waals surface area (Å²) in [5.41, 5.74) is 26.8. The average molecular weight is 872 g/mol. The number of anilines is 3. The molecule has 0 bridgehead atoms. The van der Waals surface area contributed by atoms with E-state index in [4.69, 9.17) is 0 Å². The Balaban J connectivity index is 0.914. The molecule has 1 heteroatoms. The molecule has 10 aromatic rings. The van der Waals surface area contributed by atoms with Gasteiger partial charge in [0.25, 0.3) is 0 Å². The fourth-order valence-corrected chi connectivity index (χ4v) is 12.2. The third-order valence-electron chi connectivity index (χ3n) is 16.1. The molecule has 0 N–H and O–H groups in total. The first-order valence-corrected chi connectivity index (χ1v) is 24.2. The predicted octanol–water partition coefficient (Wildman–Crippen LogP) is 18.2. The van der Waals surface area contributed by atoms with Crippen LogP contribution in [0.5, 0.6) is 0 Å². The van der Waals surface area contributed by atoms with Crippen molar-refractivity contribution in [3.8, 4) is 66.8 Å². The van der Waals surface area contributed by atoms with E-state index in [1.807, 2.05) is 0 Å². The zero-order valence-corrected chi connectivity index (χ0v) is 39.7. The van der Waals surface area contributed by atoms with Crippen molar-refractivity contribution in [2.45, 2.75) is 57.8 Å². The largest absolute Gasteiger partial charge is 0.310 e. The minimum Gasteiger partial charge on any atom is -0.310 e. The van der Waals surface area contributed by atoms with Crippen LogP contribution in [0.25, 0.3) is 77.5 Å². The number of benzene rings is 10. The third kappa shape index (κ3) is 6.01. The van der Waals surface area contributed by atoms with E-state index in [1.165, 1.54) is 111 Å². The first-order valence-electron chi connectivity index (χ1n) is 24.2. The molecule has 0 saturated heterocycles. The summed E-state index contributed by atoms with van der Waals surface area (Å²) >= 11 is 0. The monoisotopic (exact) mass is 871 g/mol. The van der Waals surface area contributed by atoms with E-state index >= 15 is 0 Å². The number of nitrogens with zero attached hydrogens (tertiary/aromatic N) is 1. The van der Waals surface area contributed by atoms with Gasteiger partial charge in [0.2, 0.25) is 0 Å². The third-order valence-corrected chi connectivity index (χ3v) is 16.1. The van der Waals surface area contributed by atoms with Gasteiger partial charge in [0.15, 0.2) is 0 Å². The zero-order chi connectivity index (χ0) is 46.1. The zero-order valence-electron chi connectivity index (χ0n) is 39.7. The fourth-order valence-electron chi connectivity index (χ4n) is 12.2. The highest BCUT2D eigenvalue weighted by Crippen LogP contribution is 2.57. The van der Waals surface area contributed by atoms with Crippen LogP contribution in [0, 0.1) is 0 Å². The molecular weight excluding hydrogens is 819 g/mol. The van der Waals surface area contributed by atoms with Crippen LogP contribution in [0.2, 0.25) is 0 Å².